The van der Waals surface area contributed by atoms with E-state index < -0.39 is 0 Å². The molecule has 1 fully saturated rings. The van der Waals surface area contributed by atoms with Crippen LogP contribution in [0.2, 0.25) is 0 Å². The largest absolute Gasteiger partial charge is 0.368 e. The standard InChI is InChI=1S/C11H17NOS/c1-8(2)9-7-14-10(12-9)11(3)5-4-6-13-11/h7-8H,4-6H2,1-3H3. The molecule has 3 heteroatoms. The highest BCUT2D eigenvalue weighted by molar-refractivity contribution is 7.09. The Balaban J connectivity index is 2.23. The van der Waals surface area contributed by atoms with Crippen LogP contribution in [0.25, 0.3) is 0 Å². The summed E-state index contributed by atoms with van der Waals surface area (Å²) in [6.07, 6.45) is 2.27. The first-order chi connectivity index (χ1) is 6.62. The summed E-state index contributed by atoms with van der Waals surface area (Å²) in [5, 5.41) is 3.31. The molecule has 0 amide bonds. The first-order valence-corrected chi connectivity index (χ1v) is 6.10. The third-order valence-electron chi connectivity index (χ3n) is 2.78. The lowest BCUT2D eigenvalue weighted by atomic mass is 10.0. The monoisotopic (exact) mass is 211 g/mol. The molecular weight excluding hydrogens is 194 g/mol. The minimum absolute atomic E-state index is 0.0994. The Morgan fingerprint density at radius 2 is 2.36 bits per heavy atom. The summed E-state index contributed by atoms with van der Waals surface area (Å²) < 4.78 is 5.77. The van der Waals surface area contributed by atoms with Crippen LogP contribution in [-0.4, -0.2) is 11.6 Å². The van der Waals surface area contributed by atoms with Crippen molar-refractivity contribution in [3.63, 3.8) is 0 Å². The van der Waals surface area contributed by atoms with Crippen molar-refractivity contribution in [2.45, 2.75) is 45.1 Å². The molecule has 2 heterocycles. The summed E-state index contributed by atoms with van der Waals surface area (Å²) in [4.78, 5) is 4.66. The maximum Gasteiger partial charge on any atom is 0.125 e. The maximum atomic E-state index is 5.77. The Hall–Kier alpha value is -0.410. The van der Waals surface area contributed by atoms with Crippen molar-refractivity contribution in [2.24, 2.45) is 0 Å². The molecule has 1 aromatic rings. The average Bonchev–Trinajstić information content (AvgIpc) is 2.71. The van der Waals surface area contributed by atoms with Crippen molar-refractivity contribution in [2.75, 3.05) is 6.61 Å². The first kappa shape index (κ1) is 10.1. The lowest BCUT2D eigenvalue weighted by Crippen LogP contribution is -2.19. The van der Waals surface area contributed by atoms with Crippen LogP contribution in [0.4, 0.5) is 0 Å². The summed E-state index contributed by atoms with van der Waals surface area (Å²) in [6, 6.07) is 0. The molecule has 0 radical (unpaired) electrons. The molecule has 0 spiro atoms. The third-order valence-corrected chi connectivity index (χ3v) is 3.89. The van der Waals surface area contributed by atoms with Gasteiger partial charge in [0, 0.05) is 12.0 Å². The van der Waals surface area contributed by atoms with Crippen LogP contribution in [0.3, 0.4) is 0 Å². The molecule has 14 heavy (non-hydrogen) atoms. The molecule has 1 aliphatic heterocycles. The van der Waals surface area contributed by atoms with Crippen molar-refractivity contribution in [3.05, 3.63) is 16.1 Å². The van der Waals surface area contributed by atoms with E-state index in [1.54, 1.807) is 11.3 Å². The summed E-state index contributed by atoms with van der Waals surface area (Å²) in [5.41, 5.74) is 1.10. The second-order valence-corrected chi connectivity index (χ2v) is 5.27. The molecule has 1 unspecified atom stereocenters. The quantitative estimate of drug-likeness (QED) is 0.749. The number of aromatic nitrogens is 1. The van der Waals surface area contributed by atoms with Crippen LogP contribution in [0, 0.1) is 0 Å². The normalized spacial score (nSPS) is 27.4. The molecule has 2 rings (SSSR count). The van der Waals surface area contributed by atoms with Gasteiger partial charge >= 0.3 is 0 Å². The number of ether oxygens (including phenoxy) is 1. The second kappa shape index (κ2) is 3.63. The van der Waals surface area contributed by atoms with Gasteiger partial charge in [-0.1, -0.05) is 13.8 Å². The highest BCUT2D eigenvalue weighted by Crippen LogP contribution is 2.37. The van der Waals surface area contributed by atoms with Crippen molar-refractivity contribution in [3.8, 4) is 0 Å². The fraction of sp³-hybridized carbons (Fsp3) is 0.727. The summed E-state index contributed by atoms with van der Waals surface area (Å²) >= 11 is 1.74. The SMILES string of the molecule is CC(C)c1csc(C2(C)CCCO2)n1. The topological polar surface area (TPSA) is 22.1 Å². The zero-order valence-electron chi connectivity index (χ0n) is 9.04. The van der Waals surface area contributed by atoms with E-state index in [0.29, 0.717) is 5.92 Å². The molecule has 0 N–H and O–H groups in total. The van der Waals surface area contributed by atoms with Crippen molar-refractivity contribution in [1.29, 1.82) is 0 Å². The van der Waals surface area contributed by atoms with E-state index in [-0.39, 0.29) is 5.60 Å². The smallest absolute Gasteiger partial charge is 0.125 e. The predicted molar refractivity (Wildman–Crippen MR) is 58.7 cm³/mol. The molecule has 1 aromatic heterocycles. The van der Waals surface area contributed by atoms with Gasteiger partial charge in [0.05, 0.1) is 5.69 Å². The lowest BCUT2D eigenvalue weighted by molar-refractivity contribution is 0.0165. The Kier molecular flexibility index (Phi) is 2.62. The fourth-order valence-corrected chi connectivity index (χ4v) is 2.87. The van der Waals surface area contributed by atoms with Crippen molar-refractivity contribution < 1.29 is 4.74 Å². The van der Waals surface area contributed by atoms with Gasteiger partial charge < -0.3 is 4.74 Å². The van der Waals surface area contributed by atoms with Crippen LogP contribution in [0.5, 0.6) is 0 Å². The Bertz CT molecular complexity index is 313. The fourth-order valence-electron chi connectivity index (χ4n) is 1.74. The number of hydrogen-bond donors (Lipinski definition) is 0. The van der Waals surface area contributed by atoms with Crippen molar-refractivity contribution >= 4 is 11.3 Å². The minimum Gasteiger partial charge on any atom is -0.368 e. The number of rotatable bonds is 2. The molecule has 78 valence electrons. The highest BCUT2D eigenvalue weighted by atomic mass is 32.1. The Morgan fingerprint density at radius 1 is 1.57 bits per heavy atom. The molecule has 1 atom stereocenters. The van der Waals surface area contributed by atoms with E-state index in [2.05, 4.69) is 31.1 Å². The average molecular weight is 211 g/mol. The maximum absolute atomic E-state index is 5.77. The number of nitrogens with zero attached hydrogens (tertiary/aromatic N) is 1. The summed E-state index contributed by atoms with van der Waals surface area (Å²) in [5.74, 6) is 0.519. The molecule has 2 nitrogen and oxygen atoms in total. The second-order valence-electron chi connectivity index (χ2n) is 4.42. The van der Waals surface area contributed by atoms with Crippen LogP contribution in [0.1, 0.15) is 50.2 Å². The zero-order chi connectivity index (χ0) is 10.2. The van der Waals surface area contributed by atoms with Gasteiger partial charge in [0.15, 0.2) is 0 Å². The summed E-state index contributed by atoms with van der Waals surface area (Å²) in [6.45, 7) is 7.39. The molecular formula is C11H17NOS. The van der Waals surface area contributed by atoms with Gasteiger partial charge in [0.25, 0.3) is 0 Å². The molecule has 1 saturated heterocycles. The van der Waals surface area contributed by atoms with E-state index in [0.717, 1.165) is 24.5 Å². The zero-order valence-corrected chi connectivity index (χ0v) is 9.86. The van der Waals surface area contributed by atoms with Crippen LogP contribution in [-0.2, 0) is 10.3 Å². The van der Waals surface area contributed by atoms with E-state index in [4.69, 9.17) is 4.74 Å². The Morgan fingerprint density at radius 3 is 2.86 bits per heavy atom. The summed E-state index contributed by atoms with van der Waals surface area (Å²) in [7, 11) is 0. The van der Waals surface area contributed by atoms with E-state index in [1.165, 1.54) is 5.69 Å². The third kappa shape index (κ3) is 1.71. The highest BCUT2D eigenvalue weighted by Gasteiger charge is 2.34. The first-order valence-electron chi connectivity index (χ1n) is 5.22. The van der Waals surface area contributed by atoms with Crippen LogP contribution >= 0.6 is 11.3 Å². The van der Waals surface area contributed by atoms with Gasteiger partial charge in [-0.3, -0.25) is 0 Å². The van der Waals surface area contributed by atoms with Gasteiger partial charge in [0.1, 0.15) is 10.6 Å². The van der Waals surface area contributed by atoms with Gasteiger partial charge in [-0.2, -0.15) is 0 Å². The molecule has 0 aliphatic carbocycles. The predicted octanol–water partition coefficient (Wildman–Crippen LogP) is 3.29. The van der Waals surface area contributed by atoms with Gasteiger partial charge in [-0.05, 0) is 25.7 Å². The van der Waals surface area contributed by atoms with Crippen LogP contribution < -0.4 is 0 Å². The van der Waals surface area contributed by atoms with E-state index in [9.17, 15) is 0 Å². The minimum atomic E-state index is -0.0994. The van der Waals surface area contributed by atoms with Crippen molar-refractivity contribution in [1.82, 2.24) is 4.98 Å². The molecule has 1 aliphatic rings. The molecule has 0 aromatic carbocycles. The molecule has 0 saturated carbocycles. The number of hydrogen-bond acceptors (Lipinski definition) is 3. The van der Waals surface area contributed by atoms with Gasteiger partial charge in [0.2, 0.25) is 0 Å². The van der Waals surface area contributed by atoms with E-state index >= 15 is 0 Å². The molecule has 0 bridgehead atoms. The van der Waals surface area contributed by atoms with Gasteiger partial charge in [-0.15, -0.1) is 11.3 Å². The van der Waals surface area contributed by atoms with Gasteiger partial charge in [-0.25, -0.2) is 4.98 Å². The number of thiazole rings is 1. The lowest BCUT2D eigenvalue weighted by Gasteiger charge is -2.19. The van der Waals surface area contributed by atoms with Crippen LogP contribution in [0.15, 0.2) is 5.38 Å². The Labute approximate surface area is 89.3 Å². The van der Waals surface area contributed by atoms with E-state index in [1.807, 2.05) is 0 Å².